The van der Waals surface area contributed by atoms with Gasteiger partial charge in [-0.15, -0.1) is 0 Å². The minimum absolute atomic E-state index is 0.166. The molecule has 0 bridgehead atoms. The molecule has 118 valence electrons. The first-order valence-corrected chi connectivity index (χ1v) is 9.49. The van der Waals surface area contributed by atoms with E-state index in [2.05, 4.69) is 33.0 Å². The predicted molar refractivity (Wildman–Crippen MR) is 87.4 cm³/mol. The van der Waals surface area contributed by atoms with Crippen LogP contribution in [-0.2, 0) is 9.84 Å². The lowest BCUT2D eigenvalue weighted by molar-refractivity contribution is 0.433. The van der Waals surface area contributed by atoms with Crippen LogP contribution in [0.15, 0.2) is 29.2 Å². The van der Waals surface area contributed by atoms with Crippen LogP contribution in [0.4, 0.5) is 0 Å². The summed E-state index contributed by atoms with van der Waals surface area (Å²) in [5.41, 5.74) is 1.18. The summed E-state index contributed by atoms with van der Waals surface area (Å²) < 4.78 is 25.7. The molecule has 1 aromatic carbocycles. The molecule has 0 spiro atoms. The molecular formula is C17H27NO2S. The first kappa shape index (κ1) is 16.5. The molecule has 21 heavy (non-hydrogen) atoms. The molecule has 4 heteroatoms. The fourth-order valence-corrected chi connectivity index (χ4v) is 5.40. The summed E-state index contributed by atoms with van der Waals surface area (Å²) in [6.45, 7) is 9.25. The number of hydrogen-bond acceptors (Lipinski definition) is 3. The maximum absolute atomic E-state index is 12.8. The first-order chi connectivity index (χ1) is 9.87. The predicted octanol–water partition coefficient (Wildman–Crippen LogP) is 3.36. The third-order valence-electron chi connectivity index (χ3n) is 4.72. The molecule has 1 aliphatic rings. The molecule has 2 rings (SSSR count). The molecule has 1 saturated carbocycles. The molecule has 0 saturated heterocycles. The van der Waals surface area contributed by atoms with Gasteiger partial charge >= 0.3 is 0 Å². The lowest BCUT2D eigenvalue weighted by Crippen LogP contribution is -2.36. The highest BCUT2D eigenvalue weighted by molar-refractivity contribution is 7.92. The molecule has 3 unspecified atom stereocenters. The topological polar surface area (TPSA) is 46.2 Å². The maximum Gasteiger partial charge on any atom is 0.181 e. The van der Waals surface area contributed by atoms with E-state index < -0.39 is 9.84 Å². The lowest BCUT2D eigenvalue weighted by Gasteiger charge is -2.21. The van der Waals surface area contributed by atoms with E-state index in [1.165, 1.54) is 5.56 Å². The van der Waals surface area contributed by atoms with Crippen molar-refractivity contribution in [1.82, 2.24) is 5.32 Å². The molecular weight excluding hydrogens is 282 g/mol. The average Bonchev–Trinajstić information content (AvgIpc) is 2.81. The second-order valence-electron chi connectivity index (χ2n) is 6.41. The number of benzene rings is 1. The van der Waals surface area contributed by atoms with Crippen LogP contribution in [0.5, 0.6) is 0 Å². The third-order valence-corrected chi connectivity index (χ3v) is 7.11. The van der Waals surface area contributed by atoms with Crippen molar-refractivity contribution >= 4 is 9.84 Å². The van der Waals surface area contributed by atoms with Crippen molar-refractivity contribution in [3.8, 4) is 0 Å². The van der Waals surface area contributed by atoms with Crippen LogP contribution in [0, 0.1) is 5.92 Å². The van der Waals surface area contributed by atoms with Gasteiger partial charge in [-0.25, -0.2) is 8.42 Å². The van der Waals surface area contributed by atoms with E-state index in [0.717, 1.165) is 19.4 Å². The zero-order chi connectivity index (χ0) is 15.6. The molecule has 0 heterocycles. The van der Waals surface area contributed by atoms with Crippen LogP contribution in [-0.4, -0.2) is 26.3 Å². The molecule has 1 aromatic rings. The van der Waals surface area contributed by atoms with Gasteiger partial charge in [-0.2, -0.15) is 0 Å². The van der Waals surface area contributed by atoms with Crippen molar-refractivity contribution < 1.29 is 8.42 Å². The van der Waals surface area contributed by atoms with Crippen molar-refractivity contribution in [3.05, 3.63) is 29.8 Å². The van der Waals surface area contributed by atoms with Gasteiger partial charge in [0.25, 0.3) is 0 Å². The quantitative estimate of drug-likeness (QED) is 0.907. The number of sulfone groups is 1. The van der Waals surface area contributed by atoms with Crippen LogP contribution in [0.1, 0.15) is 52.0 Å². The van der Waals surface area contributed by atoms with Crippen LogP contribution in [0.2, 0.25) is 0 Å². The van der Waals surface area contributed by atoms with Gasteiger partial charge in [0, 0.05) is 6.04 Å². The molecule has 0 aliphatic heterocycles. The molecule has 0 amide bonds. The van der Waals surface area contributed by atoms with E-state index >= 15 is 0 Å². The smallest absolute Gasteiger partial charge is 0.181 e. The lowest BCUT2D eigenvalue weighted by atomic mass is 10.0. The van der Waals surface area contributed by atoms with Gasteiger partial charge in [-0.1, -0.05) is 39.8 Å². The Morgan fingerprint density at radius 1 is 1.19 bits per heavy atom. The summed E-state index contributed by atoms with van der Waals surface area (Å²) in [5.74, 6) is 0.588. The van der Waals surface area contributed by atoms with E-state index in [-0.39, 0.29) is 11.2 Å². The minimum Gasteiger partial charge on any atom is -0.314 e. The van der Waals surface area contributed by atoms with Crippen LogP contribution in [0.25, 0.3) is 0 Å². The van der Waals surface area contributed by atoms with E-state index in [9.17, 15) is 8.42 Å². The Balaban J connectivity index is 2.22. The average molecular weight is 309 g/mol. The summed E-state index contributed by atoms with van der Waals surface area (Å²) >= 11 is 0. The molecule has 0 aromatic heterocycles. The fraction of sp³-hybridized carbons (Fsp3) is 0.647. The zero-order valence-electron chi connectivity index (χ0n) is 13.5. The Bertz CT molecular complexity index is 563. The van der Waals surface area contributed by atoms with E-state index in [1.807, 2.05) is 12.1 Å². The number of rotatable bonds is 5. The summed E-state index contributed by atoms with van der Waals surface area (Å²) in [4.78, 5) is 0.473. The Labute approximate surface area is 129 Å². The summed E-state index contributed by atoms with van der Waals surface area (Å²) in [7, 11) is -3.22. The van der Waals surface area contributed by atoms with E-state index in [4.69, 9.17) is 0 Å². The van der Waals surface area contributed by atoms with Crippen molar-refractivity contribution in [3.63, 3.8) is 0 Å². The van der Waals surface area contributed by atoms with Gasteiger partial charge in [0.15, 0.2) is 9.84 Å². The summed E-state index contributed by atoms with van der Waals surface area (Å²) in [6, 6.07) is 7.76. The Hall–Kier alpha value is -0.870. The molecule has 1 aliphatic carbocycles. The normalized spacial score (nSPS) is 26.4. The second kappa shape index (κ2) is 6.49. The molecule has 1 fully saturated rings. The van der Waals surface area contributed by atoms with Crippen molar-refractivity contribution in [1.29, 1.82) is 0 Å². The summed E-state index contributed by atoms with van der Waals surface area (Å²) in [6.07, 6.45) is 1.70. The maximum atomic E-state index is 12.8. The third kappa shape index (κ3) is 3.32. The Kier molecular flexibility index (Phi) is 5.10. The van der Waals surface area contributed by atoms with E-state index in [1.54, 1.807) is 12.1 Å². The van der Waals surface area contributed by atoms with Crippen LogP contribution in [0.3, 0.4) is 0 Å². The van der Waals surface area contributed by atoms with Gasteiger partial charge in [-0.05, 0) is 48.9 Å². The summed E-state index contributed by atoms with van der Waals surface area (Å²) in [5, 5.41) is 3.15. The van der Waals surface area contributed by atoms with Gasteiger partial charge < -0.3 is 5.32 Å². The van der Waals surface area contributed by atoms with Gasteiger partial charge in [0.1, 0.15) is 0 Å². The highest BCUT2D eigenvalue weighted by atomic mass is 32.2. The van der Waals surface area contributed by atoms with Crippen molar-refractivity contribution in [2.45, 2.75) is 62.6 Å². The van der Waals surface area contributed by atoms with Crippen LogP contribution < -0.4 is 5.32 Å². The molecule has 3 atom stereocenters. The highest BCUT2D eigenvalue weighted by Gasteiger charge is 2.41. The number of nitrogens with one attached hydrogen (secondary N) is 1. The minimum atomic E-state index is -3.22. The Morgan fingerprint density at radius 2 is 1.81 bits per heavy atom. The standard InChI is InChI=1S/C17H27NO2S/c1-5-18-16-10-11-17(13(16)4)21(19,20)15-8-6-14(7-9-15)12(2)3/h6-9,12-13,16-18H,5,10-11H2,1-4H3. The van der Waals surface area contributed by atoms with Crippen molar-refractivity contribution in [2.75, 3.05) is 6.54 Å². The van der Waals surface area contributed by atoms with Gasteiger partial charge in [-0.3, -0.25) is 0 Å². The van der Waals surface area contributed by atoms with Crippen molar-refractivity contribution in [2.24, 2.45) is 5.92 Å². The monoisotopic (exact) mass is 309 g/mol. The van der Waals surface area contributed by atoms with E-state index in [0.29, 0.717) is 16.9 Å². The first-order valence-electron chi connectivity index (χ1n) is 7.95. The molecule has 0 radical (unpaired) electrons. The van der Waals surface area contributed by atoms with Gasteiger partial charge in [0.05, 0.1) is 10.1 Å². The zero-order valence-corrected chi connectivity index (χ0v) is 14.3. The largest absolute Gasteiger partial charge is 0.314 e. The number of hydrogen-bond donors (Lipinski definition) is 1. The fourth-order valence-electron chi connectivity index (χ4n) is 3.33. The SMILES string of the molecule is CCNC1CCC(S(=O)(=O)c2ccc(C(C)C)cc2)C1C. The highest BCUT2D eigenvalue weighted by Crippen LogP contribution is 2.35. The Morgan fingerprint density at radius 3 is 2.33 bits per heavy atom. The van der Waals surface area contributed by atoms with Gasteiger partial charge in [0.2, 0.25) is 0 Å². The van der Waals surface area contributed by atoms with Crippen LogP contribution >= 0.6 is 0 Å². The molecule has 1 N–H and O–H groups in total. The molecule has 3 nitrogen and oxygen atoms in total. The second-order valence-corrected chi connectivity index (χ2v) is 8.57.